The lowest BCUT2D eigenvalue weighted by atomic mass is 10.1. The molecule has 0 nitrogen and oxygen atoms in total. The number of rotatable bonds is 16. The Morgan fingerprint density at radius 3 is 1.45 bits per heavy atom. The van der Waals surface area contributed by atoms with Gasteiger partial charge in [0.25, 0.3) is 0 Å². The van der Waals surface area contributed by atoms with Crippen molar-refractivity contribution in [2.45, 2.75) is 103 Å². The fourth-order valence-corrected chi connectivity index (χ4v) is 4.43. The van der Waals surface area contributed by atoms with Gasteiger partial charge >= 0.3 is 6.00 Å². The Bertz CT molecular complexity index is 249. The average Bonchev–Trinajstić information content (AvgIpc) is 2.45. The van der Waals surface area contributed by atoms with Crippen LogP contribution in [0.2, 0.25) is 6.04 Å². The molecule has 0 saturated heterocycles. The normalized spacial score (nSPS) is 12.4. The summed E-state index contributed by atoms with van der Waals surface area (Å²) in [7, 11) is 0. The molecular formula is C18H35Cl3Si. The van der Waals surface area contributed by atoms with Gasteiger partial charge in [0.2, 0.25) is 0 Å². The zero-order valence-corrected chi connectivity index (χ0v) is 17.7. The highest BCUT2D eigenvalue weighted by Gasteiger charge is 2.23. The molecule has 0 rings (SSSR count). The first-order chi connectivity index (χ1) is 10.6. The lowest BCUT2D eigenvalue weighted by Gasteiger charge is -2.06. The smallest absolute Gasteiger partial charge is 0.126 e. The van der Waals surface area contributed by atoms with E-state index in [1.807, 2.05) is 0 Å². The molecule has 0 radical (unpaired) electrons. The van der Waals surface area contributed by atoms with Crippen molar-refractivity contribution in [2.24, 2.45) is 0 Å². The van der Waals surface area contributed by atoms with E-state index < -0.39 is 6.00 Å². The van der Waals surface area contributed by atoms with Crippen molar-refractivity contribution in [2.75, 3.05) is 0 Å². The molecule has 0 aliphatic rings. The van der Waals surface area contributed by atoms with Crippen molar-refractivity contribution in [3.8, 4) is 0 Å². The van der Waals surface area contributed by atoms with Gasteiger partial charge in [-0.3, -0.25) is 0 Å². The molecular weight excluding hydrogens is 351 g/mol. The Labute approximate surface area is 154 Å². The van der Waals surface area contributed by atoms with Crippen LogP contribution in [0.15, 0.2) is 12.2 Å². The van der Waals surface area contributed by atoms with Crippen molar-refractivity contribution >= 4 is 39.2 Å². The van der Waals surface area contributed by atoms with Crippen LogP contribution in [-0.2, 0) is 0 Å². The lowest BCUT2D eigenvalue weighted by molar-refractivity contribution is 0.606. The molecule has 132 valence electrons. The first-order valence-electron chi connectivity index (χ1n) is 9.28. The number of allylic oxidation sites excluding steroid dienone is 2. The van der Waals surface area contributed by atoms with Gasteiger partial charge in [-0.25, -0.2) is 0 Å². The van der Waals surface area contributed by atoms with Crippen molar-refractivity contribution in [3.63, 3.8) is 0 Å². The largest absolute Gasteiger partial charge is 0.341 e. The van der Waals surface area contributed by atoms with E-state index in [0.717, 1.165) is 12.5 Å². The second kappa shape index (κ2) is 16.7. The molecule has 4 heteroatoms. The maximum atomic E-state index is 5.86. The minimum atomic E-state index is -2.36. The first-order valence-corrected chi connectivity index (χ1v) is 14.5. The van der Waals surface area contributed by atoms with Crippen LogP contribution < -0.4 is 0 Å². The molecule has 0 fully saturated rings. The number of hydrogen-bond donors (Lipinski definition) is 0. The molecule has 0 atom stereocenters. The standard InChI is InChI=1S/C18H35Cl3Si/c1-2-3-4-5-6-7-8-9-10-11-12-13-14-15-16-17-18-22(19,20)21/h9-10H,2-8,11-18H2,1H3/b10-9-. The van der Waals surface area contributed by atoms with E-state index in [1.54, 1.807) is 0 Å². The molecule has 0 saturated carbocycles. The van der Waals surface area contributed by atoms with E-state index in [0.29, 0.717) is 0 Å². The highest BCUT2D eigenvalue weighted by atomic mass is 35.8. The maximum Gasteiger partial charge on any atom is 0.341 e. The SMILES string of the molecule is CCCCCCCC/C=C\CCCCCCCC[Si](Cl)(Cl)Cl. The van der Waals surface area contributed by atoms with Crippen molar-refractivity contribution in [3.05, 3.63) is 12.2 Å². The summed E-state index contributed by atoms with van der Waals surface area (Å²) < 4.78 is 0. The van der Waals surface area contributed by atoms with E-state index >= 15 is 0 Å². The first kappa shape index (κ1) is 22.8. The summed E-state index contributed by atoms with van der Waals surface area (Å²) in [6.07, 6.45) is 23.2. The van der Waals surface area contributed by atoms with Crippen LogP contribution in [0.25, 0.3) is 0 Å². The van der Waals surface area contributed by atoms with Crippen molar-refractivity contribution in [1.29, 1.82) is 0 Å². The average molecular weight is 386 g/mol. The van der Waals surface area contributed by atoms with Gasteiger partial charge in [0.15, 0.2) is 0 Å². The van der Waals surface area contributed by atoms with Crippen molar-refractivity contribution in [1.82, 2.24) is 0 Å². The van der Waals surface area contributed by atoms with Crippen LogP contribution in [-0.4, -0.2) is 6.00 Å². The molecule has 0 heterocycles. The summed E-state index contributed by atoms with van der Waals surface area (Å²) in [5, 5.41) is 0. The molecule has 0 amide bonds. The molecule has 0 bridgehead atoms. The third kappa shape index (κ3) is 20.8. The molecule has 0 aromatic heterocycles. The van der Waals surface area contributed by atoms with Crippen LogP contribution >= 0.6 is 33.2 Å². The second-order valence-corrected chi connectivity index (χ2v) is 15.6. The third-order valence-corrected chi connectivity index (χ3v) is 6.59. The van der Waals surface area contributed by atoms with Crippen LogP contribution in [0.1, 0.15) is 96.8 Å². The summed E-state index contributed by atoms with van der Waals surface area (Å²) in [6.45, 7) is 2.27. The van der Waals surface area contributed by atoms with Gasteiger partial charge in [0.05, 0.1) is 0 Å². The maximum absolute atomic E-state index is 5.86. The zero-order chi connectivity index (χ0) is 16.5. The fourth-order valence-electron chi connectivity index (χ4n) is 2.57. The zero-order valence-electron chi connectivity index (χ0n) is 14.4. The summed E-state index contributed by atoms with van der Waals surface area (Å²) >= 11 is 17.6. The van der Waals surface area contributed by atoms with Crippen LogP contribution in [0.5, 0.6) is 0 Å². The second-order valence-electron chi connectivity index (χ2n) is 6.30. The summed E-state index contributed by atoms with van der Waals surface area (Å²) in [5.41, 5.74) is 0. The molecule has 22 heavy (non-hydrogen) atoms. The van der Waals surface area contributed by atoms with Gasteiger partial charge in [-0.15, -0.1) is 33.2 Å². The van der Waals surface area contributed by atoms with Gasteiger partial charge in [0.1, 0.15) is 0 Å². The Hall–Kier alpha value is 0.827. The van der Waals surface area contributed by atoms with E-state index in [-0.39, 0.29) is 0 Å². The third-order valence-electron chi connectivity index (χ3n) is 3.97. The molecule has 0 aliphatic heterocycles. The Morgan fingerprint density at radius 1 is 0.591 bits per heavy atom. The van der Waals surface area contributed by atoms with E-state index in [9.17, 15) is 0 Å². The van der Waals surface area contributed by atoms with Crippen molar-refractivity contribution < 1.29 is 0 Å². The molecule has 0 aromatic carbocycles. The molecule has 0 spiro atoms. The molecule has 0 N–H and O–H groups in total. The number of hydrogen-bond acceptors (Lipinski definition) is 0. The topological polar surface area (TPSA) is 0 Å². The highest BCUT2D eigenvalue weighted by Crippen LogP contribution is 2.27. The summed E-state index contributed by atoms with van der Waals surface area (Å²) in [6, 6.07) is -1.54. The minimum Gasteiger partial charge on any atom is -0.126 e. The Balaban J connectivity index is 3.11. The molecule has 0 unspecified atom stereocenters. The van der Waals surface area contributed by atoms with Gasteiger partial charge in [-0.2, -0.15) is 0 Å². The monoisotopic (exact) mass is 384 g/mol. The lowest BCUT2D eigenvalue weighted by Crippen LogP contribution is -2.07. The van der Waals surface area contributed by atoms with Crippen LogP contribution in [0.3, 0.4) is 0 Å². The van der Waals surface area contributed by atoms with Crippen LogP contribution in [0.4, 0.5) is 0 Å². The van der Waals surface area contributed by atoms with Gasteiger partial charge in [0, 0.05) is 0 Å². The predicted molar refractivity (Wildman–Crippen MR) is 108 cm³/mol. The molecule has 0 aromatic rings. The predicted octanol–water partition coefficient (Wildman–Crippen LogP) is 8.68. The van der Waals surface area contributed by atoms with E-state index in [1.165, 1.54) is 83.5 Å². The minimum absolute atomic E-state index is 0.818. The number of halogens is 3. The quantitative estimate of drug-likeness (QED) is 0.108. The Kier molecular flexibility index (Phi) is 17.3. The van der Waals surface area contributed by atoms with Gasteiger partial charge in [-0.05, 0) is 31.7 Å². The summed E-state index contributed by atoms with van der Waals surface area (Å²) in [5.74, 6) is 0. The van der Waals surface area contributed by atoms with E-state index in [4.69, 9.17) is 33.2 Å². The highest BCUT2D eigenvalue weighted by molar-refractivity contribution is 7.64. The fraction of sp³-hybridized carbons (Fsp3) is 0.889. The number of unbranched alkanes of at least 4 members (excludes halogenated alkanes) is 12. The van der Waals surface area contributed by atoms with Gasteiger partial charge in [-0.1, -0.05) is 83.3 Å². The Morgan fingerprint density at radius 2 is 1.00 bits per heavy atom. The summed E-state index contributed by atoms with van der Waals surface area (Å²) in [4.78, 5) is 0. The molecule has 0 aliphatic carbocycles. The van der Waals surface area contributed by atoms with Gasteiger partial charge < -0.3 is 0 Å². The van der Waals surface area contributed by atoms with Crippen LogP contribution in [0, 0.1) is 0 Å². The van der Waals surface area contributed by atoms with E-state index in [2.05, 4.69) is 19.1 Å².